The zero-order valence-corrected chi connectivity index (χ0v) is 9.47. The van der Waals surface area contributed by atoms with E-state index in [-0.39, 0.29) is 0 Å². The number of nitrogens with two attached hydrogens (primary N) is 1. The summed E-state index contributed by atoms with van der Waals surface area (Å²) in [4.78, 5) is 13.4. The molecule has 1 fully saturated rings. The van der Waals surface area contributed by atoms with Crippen LogP contribution in [0.15, 0.2) is 18.2 Å². The molecule has 0 aromatic heterocycles. The summed E-state index contributed by atoms with van der Waals surface area (Å²) in [6.07, 6.45) is 2.15. The number of rotatable bonds is 3. The van der Waals surface area contributed by atoms with Gasteiger partial charge in [-0.3, -0.25) is 4.79 Å². The summed E-state index contributed by atoms with van der Waals surface area (Å²) in [7, 11) is -1.53. The number of amides is 1. The zero-order valence-electron chi connectivity index (χ0n) is 9.47. The van der Waals surface area contributed by atoms with Gasteiger partial charge in [-0.2, -0.15) is 0 Å². The molecule has 1 aromatic rings. The van der Waals surface area contributed by atoms with Crippen LogP contribution in [0.2, 0.25) is 0 Å². The number of anilines is 1. The van der Waals surface area contributed by atoms with Gasteiger partial charge in [-0.05, 0) is 30.4 Å². The standard InChI is InChI=1S/C11H15BN2O3/c13-11(15)9-4-3-8(12(16)17)7-10(9)14-5-1-2-6-14/h3-4,7,16-17H,1-2,5-6H2,(H2,13,15). The molecule has 17 heavy (non-hydrogen) atoms. The fourth-order valence-corrected chi connectivity index (χ4v) is 2.14. The van der Waals surface area contributed by atoms with Crippen LogP contribution in [0.3, 0.4) is 0 Å². The molecule has 0 saturated carbocycles. The molecular formula is C11H15BN2O3. The van der Waals surface area contributed by atoms with Crippen molar-refractivity contribution in [1.29, 1.82) is 0 Å². The summed E-state index contributed by atoms with van der Waals surface area (Å²) in [5.74, 6) is -0.495. The van der Waals surface area contributed by atoms with Gasteiger partial charge >= 0.3 is 7.12 Å². The molecule has 0 radical (unpaired) electrons. The predicted molar refractivity (Wildman–Crippen MR) is 66.2 cm³/mol. The first-order valence-corrected chi connectivity index (χ1v) is 5.64. The van der Waals surface area contributed by atoms with Gasteiger partial charge in [-0.15, -0.1) is 0 Å². The van der Waals surface area contributed by atoms with Gasteiger partial charge in [-0.25, -0.2) is 0 Å². The second-order valence-corrected chi connectivity index (χ2v) is 4.21. The van der Waals surface area contributed by atoms with Gasteiger partial charge in [0.15, 0.2) is 0 Å². The van der Waals surface area contributed by atoms with Crippen LogP contribution in [-0.2, 0) is 0 Å². The minimum atomic E-state index is -1.53. The van der Waals surface area contributed by atoms with Crippen LogP contribution in [0.4, 0.5) is 5.69 Å². The molecule has 1 aromatic carbocycles. The lowest BCUT2D eigenvalue weighted by molar-refractivity contribution is 0.100. The van der Waals surface area contributed by atoms with Crippen molar-refractivity contribution in [2.75, 3.05) is 18.0 Å². The van der Waals surface area contributed by atoms with Gasteiger partial charge in [0, 0.05) is 18.8 Å². The normalized spacial score (nSPS) is 15.1. The third kappa shape index (κ3) is 2.43. The molecule has 0 atom stereocenters. The van der Waals surface area contributed by atoms with E-state index in [2.05, 4.69) is 0 Å². The lowest BCUT2D eigenvalue weighted by Crippen LogP contribution is -2.32. The van der Waals surface area contributed by atoms with E-state index >= 15 is 0 Å². The van der Waals surface area contributed by atoms with E-state index in [1.165, 1.54) is 6.07 Å². The Kier molecular flexibility index (Phi) is 3.35. The topological polar surface area (TPSA) is 86.8 Å². The second kappa shape index (κ2) is 4.77. The summed E-state index contributed by atoms with van der Waals surface area (Å²) in [5, 5.41) is 18.3. The minimum absolute atomic E-state index is 0.372. The number of hydrogen-bond donors (Lipinski definition) is 3. The highest BCUT2D eigenvalue weighted by Gasteiger charge is 2.21. The lowest BCUT2D eigenvalue weighted by Gasteiger charge is -2.21. The summed E-state index contributed by atoms with van der Waals surface area (Å²) < 4.78 is 0. The Morgan fingerprint density at radius 3 is 2.47 bits per heavy atom. The van der Waals surface area contributed by atoms with E-state index in [4.69, 9.17) is 15.8 Å². The number of carbonyl (C=O) groups is 1. The monoisotopic (exact) mass is 234 g/mol. The number of hydrogen-bond acceptors (Lipinski definition) is 4. The van der Waals surface area contributed by atoms with Crippen molar-refractivity contribution in [3.05, 3.63) is 23.8 Å². The first kappa shape index (κ1) is 11.9. The largest absolute Gasteiger partial charge is 0.488 e. The molecular weight excluding hydrogens is 219 g/mol. The van der Waals surface area contributed by atoms with Crippen molar-refractivity contribution < 1.29 is 14.8 Å². The SMILES string of the molecule is NC(=O)c1ccc(B(O)O)cc1N1CCCC1. The molecule has 0 unspecified atom stereocenters. The van der Waals surface area contributed by atoms with Crippen LogP contribution in [0.1, 0.15) is 23.2 Å². The summed E-state index contributed by atoms with van der Waals surface area (Å²) >= 11 is 0. The first-order chi connectivity index (χ1) is 8.09. The quantitative estimate of drug-likeness (QED) is 0.589. The van der Waals surface area contributed by atoms with E-state index < -0.39 is 13.0 Å². The van der Waals surface area contributed by atoms with Crippen molar-refractivity contribution in [2.24, 2.45) is 5.73 Å². The van der Waals surface area contributed by atoms with Gasteiger partial charge in [-0.1, -0.05) is 6.07 Å². The average molecular weight is 234 g/mol. The van der Waals surface area contributed by atoms with Crippen LogP contribution >= 0.6 is 0 Å². The maximum atomic E-state index is 11.3. The van der Waals surface area contributed by atoms with E-state index in [0.29, 0.717) is 16.7 Å². The van der Waals surface area contributed by atoms with E-state index in [0.717, 1.165) is 25.9 Å². The molecule has 1 saturated heterocycles. The predicted octanol–water partition coefficient (Wildman–Crippen LogP) is -0.935. The van der Waals surface area contributed by atoms with Crippen LogP contribution in [0, 0.1) is 0 Å². The molecule has 1 heterocycles. The Morgan fingerprint density at radius 2 is 1.94 bits per heavy atom. The number of primary amides is 1. The molecule has 0 spiro atoms. The van der Waals surface area contributed by atoms with E-state index in [1.54, 1.807) is 12.1 Å². The molecule has 5 nitrogen and oxygen atoms in total. The first-order valence-electron chi connectivity index (χ1n) is 5.64. The number of nitrogens with zero attached hydrogens (tertiary/aromatic N) is 1. The summed E-state index contributed by atoms with van der Waals surface area (Å²) in [6.45, 7) is 1.73. The third-order valence-corrected chi connectivity index (χ3v) is 3.03. The fraction of sp³-hybridized carbons (Fsp3) is 0.364. The van der Waals surface area contributed by atoms with Gasteiger partial charge in [0.25, 0.3) is 5.91 Å². The zero-order chi connectivity index (χ0) is 12.4. The molecule has 0 bridgehead atoms. The Morgan fingerprint density at radius 1 is 1.29 bits per heavy atom. The van der Waals surface area contributed by atoms with Gasteiger partial charge in [0.1, 0.15) is 0 Å². The van der Waals surface area contributed by atoms with E-state index in [1.807, 2.05) is 4.90 Å². The highest BCUT2D eigenvalue weighted by molar-refractivity contribution is 6.58. The van der Waals surface area contributed by atoms with Crippen molar-refractivity contribution in [3.63, 3.8) is 0 Å². The third-order valence-electron chi connectivity index (χ3n) is 3.03. The molecule has 1 aliphatic rings. The fourth-order valence-electron chi connectivity index (χ4n) is 2.14. The Hall–Kier alpha value is -1.53. The molecule has 6 heteroatoms. The van der Waals surface area contributed by atoms with Crippen molar-refractivity contribution in [1.82, 2.24) is 0 Å². The lowest BCUT2D eigenvalue weighted by atomic mass is 9.79. The molecule has 90 valence electrons. The maximum absolute atomic E-state index is 11.3. The molecule has 1 aliphatic heterocycles. The van der Waals surface area contributed by atoms with Crippen molar-refractivity contribution >= 4 is 24.2 Å². The summed E-state index contributed by atoms with van der Waals surface area (Å²) in [6, 6.07) is 4.67. The minimum Gasteiger partial charge on any atom is -0.423 e. The Balaban J connectivity index is 2.43. The smallest absolute Gasteiger partial charge is 0.423 e. The van der Waals surface area contributed by atoms with E-state index in [9.17, 15) is 4.79 Å². The molecule has 4 N–H and O–H groups in total. The molecule has 0 aliphatic carbocycles. The maximum Gasteiger partial charge on any atom is 0.488 e. The van der Waals surface area contributed by atoms with Crippen molar-refractivity contribution in [2.45, 2.75) is 12.8 Å². The van der Waals surface area contributed by atoms with Gasteiger partial charge in [0.05, 0.1) is 5.56 Å². The van der Waals surface area contributed by atoms with Crippen LogP contribution < -0.4 is 16.1 Å². The number of carbonyl (C=O) groups excluding carboxylic acids is 1. The molecule has 2 rings (SSSR count). The summed E-state index contributed by atoms with van der Waals surface area (Å²) in [5.41, 5.74) is 6.81. The number of benzene rings is 1. The Bertz CT molecular complexity index is 431. The average Bonchev–Trinajstić information content (AvgIpc) is 2.81. The highest BCUT2D eigenvalue weighted by Crippen LogP contribution is 2.23. The van der Waals surface area contributed by atoms with Crippen LogP contribution in [0.25, 0.3) is 0 Å². The Labute approximate surface area is 100.0 Å². The van der Waals surface area contributed by atoms with Crippen LogP contribution in [0.5, 0.6) is 0 Å². The second-order valence-electron chi connectivity index (χ2n) is 4.21. The highest BCUT2D eigenvalue weighted by atomic mass is 16.4. The van der Waals surface area contributed by atoms with Crippen molar-refractivity contribution in [3.8, 4) is 0 Å². The van der Waals surface area contributed by atoms with Gasteiger partial charge < -0.3 is 20.7 Å². The molecule has 1 amide bonds. The van der Waals surface area contributed by atoms with Gasteiger partial charge in [0.2, 0.25) is 0 Å². The van der Waals surface area contributed by atoms with Crippen LogP contribution in [-0.4, -0.2) is 36.2 Å².